The predicted molar refractivity (Wildman–Crippen MR) is 57.7 cm³/mol. The minimum absolute atomic E-state index is 0.0735. The molecule has 0 bridgehead atoms. The third-order valence-corrected chi connectivity index (χ3v) is 4.79. The molecule has 0 unspecified atom stereocenters. The molecule has 0 amide bonds. The van der Waals surface area contributed by atoms with Crippen LogP contribution in [0, 0.1) is 0 Å². The fraction of sp³-hybridized carbons (Fsp3) is 0.400. The second-order valence-corrected chi connectivity index (χ2v) is 5.44. The van der Waals surface area contributed by atoms with Crippen LogP contribution < -0.4 is 5.11 Å². The lowest BCUT2D eigenvalue weighted by Crippen LogP contribution is -2.23. The maximum atomic E-state index is 11.7. The third-order valence-electron chi connectivity index (χ3n) is 2.45. The van der Waals surface area contributed by atoms with Crippen molar-refractivity contribution < 1.29 is 14.7 Å². The molecule has 1 aromatic rings. The summed E-state index contributed by atoms with van der Waals surface area (Å²) in [6.45, 7) is 0. The van der Waals surface area contributed by atoms with Crippen molar-refractivity contribution in [1.29, 1.82) is 0 Å². The average molecular weight is 241 g/mol. The molecule has 1 aromatic heterocycles. The van der Waals surface area contributed by atoms with Crippen LogP contribution >= 0.6 is 23.1 Å². The number of Topliss-reactive ketones (excluding diaryl/α,β-unsaturated/α-hetero) is 1. The molecule has 0 saturated heterocycles. The Kier molecular flexibility index (Phi) is 2.84. The number of carbonyl (C=O) groups is 2. The van der Waals surface area contributed by atoms with Crippen LogP contribution in [0.1, 0.15) is 38.4 Å². The number of carboxylic acids is 1. The number of thiophene rings is 1. The Morgan fingerprint density at radius 2 is 2.20 bits per heavy atom. The van der Waals surface area contributed by atoms with E-state index in [1.54, 1.807) is 0 Å². The molecule has 3 nitrogen and oxygen atoms in total. The van der Waals surface area contributed by atoms with Crippen molar-refractivity contribution in [2.75, 3.05) is 6.26 Å². The van der Waals surface area contributed by atoms with Crippen LogP contribution in [0.25, 0.3) is 0 Å². The van der Waals surface area contributed by atoms with E-state index in [0.29, 0.717) is 24.0 Å². The van der Waals surface area contributed by atoms with Gasteiger partial charge in [-0.15, -0.1) is 23.1 Å². The van der Waals surface area contributed by atoms with Crippen LogP contribution in [-0.2, 0) is 6.42 Å². The van der Waals surface area contributed by atoms with E-state index >= 15 is 0 Å². The van der Waals surface area contributed by atoms with E-state index in [-0.39, 0.29) is 10.7 Å². The Balaban J connectivity index is 2.62. The Labute approximate surface area is 95.5 Å². The monoisotopic (exact) mass is 241 g/mol. The highest BCUT2D eigenvalue weighted by Crippen LogP contribution is 2.38. The van der Waals surface area contributed by atoms with Crippen molar-refractivity contribution in [3.05, 3.63) is 16.0 Å². The molecular formula is C10H9O3S2-. The van der Waals surface area contributed by atoms with Gasteiger partial charge in [0, 0.05) is 12.0 Å². The first-order valence-electron chi connectivity index (χ1n) is 4.59. The normalized spacial score (nSPS) is 15.1. The van der Waals surface area contributed by atoms with Gasteiger partial charge in [-0.2, -0.15) is 0 Å². The number of carboxylic acid groups (broad SMARTS) is 1. The van der Waals surface area contributed by atoms with E-state index < -0.39 is 5.97 Å². The summed E-state index contributed by atoms with van der Waals surface area (Å²) in [5.41, 5.74) is 1.33. The zero-order valence-electron chi connectivity index (χ0n) is 8.16. The maximum Gasteiger partial charge on any atom is 0.165 e. The van der Waals surface area contributed by atoms with Gasteiger partial charge in [-0.05, 0) is 24.7 Å². The van der Waals surface area contributed by atoms with Crippen molar-refractivity contribution in [3.8, 4) is 0 Å². The summed E-state index contributed by atoms with van der Waals surface area (Å²) in [4.78, 5) is 22.8. The first-order valence-corrected chi connectivity index (χ1v) is 6.63. The third kappa shape index (κ3) is 1.70. The van der Waals surface area contributed by atoms with E-state index in [1.165, 1.54) is 23.1 Å². The van der Waals surface area contributed by atoms with Gasteiger partial charge in [0.2, 0.25) is 0 Å². The molecule has 0 atom stereocenters. The van der Waals surface area contributed by atoms with Gasteiger partial charge in [0.1, 0.15) is 0 Å². The summed E-state index contributed by atoms with van der Waals surface area (Å²) in [5, 5.41) is 10.9. The molecule has 0 aromatic carbocycles. The Morgan fingerprint density at radius 3 is 2.80 bits per heavy atom. The SMILES string of the molecule is CSc1sc(C(=O)[O-])c2c1C(=O)CCC2. The van der Waals surface area contributed by atoms with Gasteiger partial charge in [0.15, 0.2) is 5.78 Å². The molecule has 1 aliphatic rings. The molecular weight excluding hydrogens is 232 g/mol. The fourth-order valence-corrected chi connectivity index (χ4v) is 3.78. The van der Waals surface area contributed by atoms with E-state index in [1.807, 2.05) is 6.26 Å². The van der Waals surface area contributed by atoms with Gasteiger partial charge in [-0.3, -0.25) is 4.79 Å². The highest BCUT2D eigenvalue weighted by Gasteiger charge is 2.26. The maximum absolute atomic E-state index is 11.7. The predicted octanol–water partition coefficient (Wildman–Crippen LogP) is 1.35. The molecule has 0 spiro atoms. The number of thioether (sulfide) groups is 1. The van der Waals surface area contributed by atoms with E-state index in [0.717, 1.165) is 10.6 Å². The summed E-state index contributed by atoms with van der Waals surface area (Å²) in [6.07, 6.45) is 3.81. The smallest absolute Gasteiger partial charge is 0.165 e. The largest absolute Gasteiger partial charge is 0.544 e. The molecule has 0 radical (unpaired) electrons. The number of hydrogen-bond acceptors (Lipinski definition) is 5. The highest BCUT2D eigenvalue weighted by molar-refractivity contribution is 8.00. The van der Waals surface area contributed by atoms with Crippen LogP contribution in [0.3, 0.4) is 0 Å². The lowest BCUT2D eigenvalue weighted by atomic mass is 9.93. The second-order valence-electron chi connectivity index (χ2n) is 3.34. The van der Waals surface area contributed by atoms with Crippen molar-refractivity contribution in [2.24, 2.45) is 0 Å². The molecule has 0 saturated carbocycles. The molecule has 1 heterocycles. The molecule has 0 N–H and O–H groups in total. The number of aromatic carboxylic acids is 1. The summed E-state index contributed by atoms with van der Waals surface area (Å²) in [7, 11) is 0. The van der Waals surface area contributed by atoms with Crippen LogP contribution in [0.5, 0.6) is 0 Å². The zero-order chi connectivity index (χ0) is 11.0. The number of hydrogen-bond donors (Lipinski definition) is 0. The highest BCUT2D eigenvalue weighted by atomic mass is 32.2. The summed E-state index contributed by atoms with van der Waals surface area (Å²) >= 11 is 2.60. The summed E-state index contributed by atoms with van der Waals surface area (Å²) in [5.74, 6) is -1.09. The summed E-state index contributed by atoms with van der Waals surface area (Å²) in [6, 6.07) is 0. The first kappa shape index (κ1) is 10.7. The van der Waals surface area contributed by atoms with Crippen LogP contribution in [0.15, 0.2) is 4.21 Å². The van der Waals surface area contributed by atoms with Gasteiger partial charge in [0.25, 0.3) is 0 Å². The number of fused-ring (bicyclic) bond motifs is 1. The zero-order valence-corrected chi connectivity index (χ0v) is 9.80. The molecule has 15 heavy (non-hydrogen) atoms. The van der Waals surface area contributed by atoms with Crippen LogP contribution in [-0.4, -0.2) is 18.0 Å². The van der Waals surface area contributed by atoms with Crippen molar-refractivity contribution in [2.45, 2.75) is 23.5 Å². The van der Waals surface area contributed by atoms with Gasteiger partial charge >= 0.3 is 0 Å². The Hall–Kier alpha value is -0.810. The van der Waals surface area contributed by atoms with Gasteiger partial charge < -0.3 is 9.90 Å². The van der Waals surface area contributed by atoms with E-state index in [2.05, 4.69) is 0 Å². The molecule has 80 valence electrons. The van der Waals surface area contributed by atoms with Crippen LogP contribution in [0.2, 0.25) is 0 Å². The molecule has 0 fully saturated rings. The molecule has 0 aliphatic heterocycles. The first-order chi connectivity index (χ1) is 7.15. The molecule has 1 aliphatic carbocycles. The molecule has 2 rings (SSSR count). The average Bonchev–Trinajstić information content (AvgIpc) is 2.58. The van der Waals surface area contributed by atoms with E-state index in [9.17, 15) is 14.7 Å². The van der Waals surface area contributed by atoms with Crippen molar-refractivity contribution in [3.63, 3.8) is 0 Å². The Morgan fingerprint density at radius 1 is 1.47 bits per heavy atom. The standard InChI is InChI=1S/C10H10O3S2/c1-14-10-7-5(3-2-4-6(7)11)8(15-10)9(12)13/h2-4H2,1H3,(H,12,13)/p-1. The quantitative estimate of drug-likeness (QED) is 0.733. The Bertz CT molecular complexity index is 434. The van der Waals surface area contributed by atoms with Gasteiger partial charge in [-0.1, -0.05) is 0 Å². The minimum Gasteiger partial charge on any atom is -0.544 e. The fourth-order valence-electron chi connectivity index (χ4n) is 1.82. The number of ketones is 1. The second kappa shape index (κ2) is 3.98. The minimum atomic E-state index is -1.16. The van der Waals surface area contributed by atoms with E-state index in [4.69, 9.17) is 0 Å². The van der Waals surface area contributed by atoms with Crippen molar-refractivity contribution >= 4 is 34.9 Å². The topological polar surface area (TPSA) is 57.2 Å². The summed E-state index contributed by atoms with van der Waals surface area (Å²) < 4.78 is 0.814. The van der Waals surface area contributed by atoms with Crippen molar-refractivity contribution in [1.82, 2.24) is 0 Å². The number of rotatable bonds is 2. The molecule has 5 heteroatoms. The van der Waals surface area contributed by atoms with Crippen LogP contribution in [0.4, 0.5) is 0 Å². The lowest BCUT2D eigenvalue weighted by Gasteiger charge is -2.12. The van der Waals surface area contributed by atoms with Gasteiger partial charge in [-0.25, -0.2) is 0 Å². The lowest BCUT2D eigenvalue weighted by molar-refractivity contribution is -0.254. The number of carbonyl (C=O) groups excluding carboxylic acids is 2. The van der Waals surface area contributed by atoms with Gasteiger partial charge in [0.05, 0.1) is 15.1 Å².